The number of amides is 1. The summed E-state index contributed by atoms with van der Waals surface area (Å²) in [6, 6.07) is 0.455. The van der Waals surface area contributed by atoms with Crippen molar-refractivity contribution >= 4 is 5.91 Å². The van der Waals surface area contributed by atoms with Gasteiger partial charge in [-0.2, -0.15) is 5.10 Å². The molecule has 82 valence electrons. The van der Waals surface area contributed by atoms with Crippen LogP contribution >= 0.6 is 0 Å². The lowest BCUT2D eigenvalue weighted by Crippen LogP contribution is -2.38. The SMILES string of the molecule is CN1CCCC1CNC(=O)c1ncn[nH]1. The molecule has 1 aliphatic heterocycles. The Balaban J connectivity index is 1.81. The molecule has 1 saturated heterocycles. The lowest BCUT2D eigenvalue weighted by molar-refractivity contribution is 0.0933. The van der Waals surface area contributed by atoms with Crippen molar-refractivity contribution in [2.24, 2.45) is 0 Å². The Morgan fingerprint density at radius 2 is 2.67 bits per heavy atom. The van der Waals surface area contributed by atoms with Gasteiger partial charge in [-0.3, -0.25) is 9.89 Å². The van der Waals surface area contributed by atoms with Crippen LogP contribution in [0.2, 0.25) is 0 Å². The zero-order chi connectivity index (χ0) is 10.7. The van der Waals surface area contributed by atoms with E-state index in [0.717, 1.165) is 13.0 Å². The van der Waals surface area contributed by atoms with Crippen molar-refractivity contribution in [2.45, 2.75) is 18.9 Å². The first kappa shape index (κ1) is 10.1. The second-order valence-electron chi connectivity index (χ2n) is 3.82. The molecule has 1 unspecified atom stereocenters. The van der Waals surface area contributed by atoms with Crippen molar-refractivity contribution in [3.63, 3.8) is 0 Å². The van der Waals surface area contributed by atoms with E-state index in [-0.39, 0.29) is 11.7 Å². The first-order valence-corrected chi connectivity index (χ1v) is 5.11. The molecule has 1 aromatic rings. The normalized spacial score (nSPS) is 21.8. The van der Waals surface area contributed by atoms with Gasteiger partial charge >= 0.3 is 0 Å². The third-order valence-electron chi connectivity index (χ3n) is 2.80. The number of hydrogen-bond acceptors (Lipinski definition) is 4. The number of aromatic nitrogens is 3. The Hall–Kier alpha value is -1.43. The molecule has 0 aromatic carbocycles. The Morgan fingerprint density at radius 1 is 1.80 bits per heavy atom. The van der Waals surface area contributed by atoms with E-state index in [2.05, 4.69) is 32.4 Å². The van der Waals surface area contributed by atoms with Crippen LogP contribution in [0.4, 0.5) is 0 Å². The highest BCUT2D eigenvalue weighted by atomic mass is 16.2. The quantitative estimate of drug-likeness (QED) is 0.712. The number of nitrogens with one attached hydrogen (secondary N) is 2. The molecule has 1 aromatic heterocycles. The van der Waals surface area contributed by atoms with Crippen molar-refractivity contribution in [1.29, 1.82) is 0 Å². The van der Waals surface area contributed by atoms with E-state index < -0.39 is 0 Å². The Bertz CT molecular complexity index is 323. The molecule has 6 heteroatoms. The molecule has 0 saturated carbocycles. The zero-order valence-corrected chi connectivity index (χ0v) is 8.73. The van der Waals surface area contributed by atoms with Crippen LogP contribution in [0.3, 0.4) is 0 Å². The number of aromatic amines is 1. The molecule has 0 spiro atoms. The van der Waals surface area contributed by atoms with Crippen molar-refractivity contribution in [3.05, 3.63) is 12.2 Å². The van der Waals surface area contributed by atoms with E-state index in [1.54, 1.807) is 0 Å². The summed E-state index contributed by atoms with van der Waals surface area (Å²) in [6.45, 7) is 1.79. The minimum absolute atomic E-state index is 0.187. The Kier molecular flexibility index (Phi) is 2.96. The molecule has 0 radical (unpaired) electrons. The first-order valence-electron chi connectivity index (χ1n) is 5.11. The number of rotatable bonds is 3. The van der Waals surface area contributed by atoms with Crippen molar-refractivity contribution in [2.75, 3.05) is 20.1 Å². The number of likely N-dealkylation sites (tertiary alicyclic amines) is 1. The molecular formula is C9H15N5O. The van der Waals surface area contributed by atoms with Crippen LogP contribution in [-0.2, 0) is 0 Å². The Morgan fingerprint density at radius 3 is 3.27 bits per heavy atom. The van der Waals surface area contributed by atoms with Gasteiger partial charge in [0.05, 0.1) is 0 Å². The molecule has 2 rings (SSSR count). The highest BCUT2D eigenvalue weighted by Crippen LogP contribution is 2.13. The van der Waals surface area contributed by atoms with Gasteiger partial charge in [0, 0.05) is 12.6 Å². The fourth-order valence-corrected chi connectivity index (χ4v) is 1.85. The van der Waals surface area contributed by atoms with Gasteiger partial charge in [-0.25, -0.2) is 4.98 Å². The van der Waals surface area contributed by atoms with Crippen LogP contribution in [0.1, 0.15) is 23.5 Å². The van der Waals surface area contributed by atoms with E-state index in [1.807, 2.05) is 0 Å². The molecule has 0 bridgehead atoms. The predicted molar refractivity (Wildman–Crippen MR) is 54.4 cm³/mol. The van der Waals surface area contributed by atoms with E-state index in [0.29, 0.717) is 12.6 Å². The summed E-state index contributed by atoms with van der Waals surface area (Å²) in [6.07, 6.45) is 3.68. The molecule has 2 heterocycles. The summed E-state index contributed by atoms with van der Waals surface area (Å²) in [5.74, 6) is 0.0865. The van der Waals surface area contributed by atoms with E-state index in [4.69, 9.17) is 0 Å². The maximum atomic E-state index is 11.5. The fraction of sp³-hybridized carbons (Fsp3) is 0.667. The zero-order valence-electron chi connectivity index (χ0n) is 8.73. The number of likely N-dealkylation sites (N-methyl/N-ethyl adjacent to an activating group) is 1. The summed E-state index contributed by atoms with van der Waals surface area (Å²) in [7, 11) is 2.08. The highest BCUT2D eigenvalue weighted by molar-refractivity contribution is 5.90. The summed E-state index contributed by atoms with van der Waals surface area (Å²) in [4.78, 5) is 17.6. The third kappa shape index (κ3) is 2.33. The summed E-state index contributed by atoms with van der Waals surface area (Å²) >= 11 is 0. The van der Waals surface area contributed by atoms with Crippen molar-refractivity contribution in [3.8, 4) is 0 Å². The lowest BCUT2D eigenvalue weighted by atomic mass is 10.2. The van der Waals surface area contributed by atoms with Gasteiger partial charge in [-0.1, -0.05) is 0 Å². The number of H-pyrrole nitrogens is 1. The molecule has 15 heavy (non-hydrogen) atoms. The molecule has 1 fully saturated rings. The molecule has 1 atom stereocenters. The lowest BCUT2D eigenvalue weighted by Gasteiger charge is -2.19. The molecular weight excluding hydrogens is 194 g/mol. The second kappa shape index (κ2) is 4.39. The molecule has 6 nitrogen and oxygen atoms in total. The van der Waals surface area contributed by atoms with Crippen LogP contribution in [0.15, 0.2) is 6.33 Å². The molecule has 1 amide bonds. The van der Waals surface area contributed by atoms with Gasteiger partial charge in [0.25, 0.3) is 5.91 Å². The van der Waals surface area contributed by atoms with Crippen LogP contribution in [0.5, 0.6) is 0 Å². The maximum absolute atomic E-state index is 11.5. The summed E-state index contributed by atoms with van der Waals surface area (Å²) < 4.78 is 0. The average molecular weight is 209 g/mol. The van der Waals surface area contributed by atoms with Gasteiger partial charge in [0.2, 0.25) is 5.82 Å². The monoisotopic (exact) mass is 209 g/mol. The Labute approximate surface area is 88.1 Å². The predicted octanol–water partition coefficient (Wildman–Crippen LogP) is -0.371. The number of hydrogen-bond donors (Lipinski definition) is 2. The third-order valence-corrected chi connectivity index (χ3v) is 2.80. The smallest absolute Gasteiger partial charge is 0.288 e. The van der Waals surface area contributed by atoms with E-state index in [1.165, 1.54) is 12.7 Å². The first-order chi connectivity index (χ1) is 7.27. The fourth-order valence-electron chi connectivity index (χ4n) is 1.85. The van der Waals surface area contributed by atoms with Gasteiger partial charge in [-0.15, -0.1) is 0 Å². The number of nitrogens with zero attached hydrogens (tertiary/aromatic N) is 3. The van der Waals surface area contributed by atoms with Gasteiger partial charge in [0.15, 0.2) is 0 Å². The van der Waals surface area contributed by atoms with Crippen LogP contribution in [-0.4, -0.2) is 52.2 Å². The van der Waals surface area contributed by atoms with Gasteiger partial charge in [0.1, 0.15) is 6.33 Å². The van der Waals surface area contributed by atoms with Crippen LogP contribution in [0, 0.1) is 0 Å². The average Bonchev–Trinajstić information content (AvgIpc) is 2.85. The summed E-state index contributed by atoms with van der Waals surface area (Å²) in [5.41, 5.74) is 0. The maximum Gasteiger partial charge on any atom is 0.288 e. The molecule has 0 aliphatic carbocycles. The van der Waals surface area contributed by atoms with E-state index in [9.17, 15) is 4.79 Å². The minimum atomic E-state index is -0.187. The second-order valence-corrected chi connectivity index (χ2v) is 3.82. The van der Waals surface area contributed by atoms with E-state index >= 15 is 0 Å². The van der Waals surface area contributed by atoms with Crippen molar-refractivity contribution in [1.82, 2.24) is 25.4 Å². The van der Waals surface area contributed by atoms with Crippen LogP contribution < -0.4 is 5.32 Å². The largest absolute Gasteiger partial charge is 0.348 e. The van der Waals surface area contributed by atoms with Crippen LogP contribution in [0.25, 0.3) is 0 Å². The number of carbonyl (C=O) groups excluding carboxylic acids is 1. The standard InChI is InChI=1S/C9H15N5O/c1-14-4-2-3-7(14)5-10-9(15)8-11-6-12-13-8/h6-7H,2-5H2,1H3,(H,10,15)(H,11,12,13). The topological polar surface area (TPSA) is 73.9 Å². The van der Waals surface area contributed by atoms with Gasteiger partial charge in [-0.05, 0) is 26.4 Å². The minimum Gasteiger partial charge on any atom is -0.348 e. The molecule has 1 aliphatic rings. The summed E-state index contributed by atoms with van der Waals surface area (Å²) in [5, 5.41) is 9.01. The number of carbonyl (C=O) groups is 1. The molecule has 2 N–H and O–H groups in total. The highest BCUT2D eigenvalue weighted by Gasteiger charge is 2.21. The van der Waals surface area contributed by atoms with Gasteiger partial charge < -0.3 is 10.2 Å². The van der Waals surface area contributed by atoms with Crippen molar-refractivity contribution < 1.29 is 4.79 Å².